The SMILES string of the molecule is CC(C)(C)C1=C(C(C)(C)C)N(C2(C)CC2)C(=O)C1.CC(C)(C)c1ncn(C2(C)CC2)c1C(C)(C)C.CCC1=CCC(C(C)(C)C)=C1C(C)(C)C. The molecule has 0 spiro atoms. The quantitative estimate of drug-likeness (QED) is 0.317. The second kappa shape index (κ2) is 13.4. The number of rotatable bonds is 3. The van der Waals surface area contributed by atoms with Crippen LogP contribution in [0.4, 0.5) is 0 Å². The molecule has 2 saturated carbocycles. The van der Waals surface area contributed by atoms with Crippen LogP contribution in [0.2, 0.25) is 0 Å². The van der Waals surface area contributed by atoms with E-state index in [0.717, 1.165) is 12.8 Å². The van der Waals surface area contributed by atoms with Crippen molar-refractivity contribution in [2.75, 3.05) is 0 Å². The summed E-state index contributed by atoms with van der Waals surface area (Å²) in [6.07, 6.45) is 12.3. The molecule has 0 aromatic carbocycles. The van der Waals surface area contributed by atoms with Gasteiger partial charge in [0, 0.05) is 38.7 Å². The molecule has 50 heavy (non-hydrogen) atoms. The van der Waals surface area contributed by atoms with Gasteiger partial charge in [0.05, 0.1) is 18.4 Å². The fourth-order valence-corrected chi connectivity index (χ4v) is 7.96. The first kappa shape index (κ1) is 42.3. The lowest BCUT2D eigenvalue weighted by Crippen LogP contribution is -2.40. The number of nitrogens with zero attached hydrogens (tertiary/aromatic N) is 3. The second-order valence-electron chi connectivity index (χ2n) is 22.7. The van der Waals surface area contributed by atoms with Crippen LogP contribution in [-0.4, -0.2) is 25.9 Å². The van der Waals surface area contributed by atoms with Gasteiger partial charge in [-0.3, -0.25) is 4.79 Å². The normalized spacial score (nSPS) is 20.8. The summed E-state index contributed by atoms with van der Waals surface area (Å²) in [5.41, 5.74) is 11.6. The van der Waals surface area contributed by atoms with Crippen molar-refractivity contribution in [1.29, 1.82) is 0 Å². The van der Waals surface area contributed by atoms with E-state index in [0.29, 0.717) is 28.7 Å². The number of hydrogen-bond donors (Lipinski definition) is 0. The fourth-order valence-electron chi connectivity index (χ4n) is 7.96. The summed E-state index contributed by atoms with van der Waals surface area (Å²) in [6, 6.07) is 0. The number of carbonyl (C=O) groups excluding carboxylic acids is 1. The van der Waals surface area contributed by atoms with Crippen LogP contribution in [0.15, 0.2) is 40.4 Å². The van der Waals surface area contributed by atoms with Crippen LogP contribution in [0.25, 0.3) is 0 Å². The number of imidazole rings is 1. The number of allylic oxidation sites excluding steroid dienone is 5. The van der Waals surface area contributed by atoms with Crippen molar-refractivity contribution in [3.63, 3.8) is 0 Å². The third-order valence-corrected chi connectivity index (χ3v) is 11.2. The molecule has 4 heteroatoms. The van der Waals surface area contributed by atoms with E-state index in [1.807, 2.05) is 0 Å². The molecule has 5 rings (SSSR count). The van der Waals surface area contributed by atoms with Crippen molar-refractivity contribution in [1.82, 2.24) is 14.5 Å². The highest BCUT2D eigenvalue weighted by Gasteiger charge is 2.53. The molecule has 3 aliphatic carbocycles. The maximum atomic E-state index is 12.5. The van der Waals surface area contributed by atoms with E-state index in [1.165, 1.54) is 48.3 Å². The van der Waals surface area contributed by atoms with Crippen LogP contribution in [-0.2, 0) is 21.2 Å². The van der Waals surface area contributed by atoms with Crippen molar-refractivity contribution in [2.24, 2.45) is 21.7 Å². The third-order valence-electron chi connectivity index (χ3n) is 11.2. The Bertz CT molecular complexity index is 1480. The highest BCUT2D eigenvalue weighted by molar-refractivity contribution is 5.86. The molecule has 1 aliphatic heterocycles. The monoisotopic (exact) mass is 690 g/mol. The van der Waals surface area contributed by atoms with Crippen LogP contribution >= 0.6 is 0 Å². The summed E-state index contributed by atoms with van der Waals surface area (Å²) in [5, 5.41) is 0. The highest BCUT2D eigenvalue weighted by Crippen LogP contribution is 2.54. The molecule has 0 atom stereocenters. The van der Waals surface area contributed by atoms with Crippen molar-refractivity contribution in [3.8, 4) is 0 Å². The van der Waals surface area contributed by atoms with Crippen molar-refractivity contribution in [2.45, 2.75) is 212 Å². The Hall–Kier alpha value is -2.10. The predicted molar refractivity (Wildman–Crippen MR) is 216 cm³/mol. The summed E-state index contributed by atoms with van der Waals surface area (Å²) < 4.78 is 2.44. The Balaban J connectivity index is 0.000000204. The summed E-state index contributed by atoms with van der Waals surface area (Å²) in [5.74, 6) is 0.310. The molecule has 0 radical (unpaired) electrons. The first-order valence-electron chi connectivity index (χ1n) is 19.8. The average molecular weight is 690 g/mol. The van der Waals surface area contributed by atoms with Gasteiger partial charge in [0.1, 0.15) is 0 Å². The van der Waals surface area contributed by atoms with E-state index in [1.54, 1.807) is 16.7 Å². The van der Waals surface area contributed by atoms with E-state index < -0.39 is 0 Å². The van der Waals surface area contributed by atoms with E-state index >= 15 is 0 Å². The van der Waals surface area contributed by atoms with Gasteiger partial charge in [0.2, 0.25) is 5.91 Å². The molecule has 2 heterocycles. The van der Waals surface area contributed by atoms with Gasteiger partial charge in [-0.2, -0.15) is 0 Å². The van der Waals surface area contributed by atoms with E-state index in [9.17, 15) is 4.79 Å². The van der Waals surface area contributed by atoms with Crippen molar-refractivity contribution in [3.05, 3.63) is 51.8 Å². The van der Waals surface area contributed by atoms with Gasteiger partial charge >= 0.3 is 0 Å². The zero-order chi connectivity index (χ0) is 38.8. The number of carbonyl (C=O) groups is 1. The molecule has 0 unspecified atom stereocenters. The molecule has 0 N–H and O–H groups in total. The molecule has 0 saturated heterocycles. The van der Waals surface area contributed by atoms with Gasteiger partial charge in [-0.05, 0) is 85.3 Å². The van der Waals surface area contributed by atoms with Crippen LogP contribution in [0.3, 0.4) is 0 Å². The smallest absolute Gasteiger partial charge is 0.231 e. The lowest BCUT2D eigenvalue weighted by molar-refractivity contribution is -0.130. The Morgan fingerprint density at radius 2 is 1.12 bits per heavy atom. The first-order chi connectivity index (χ1) is 22.2. The van der Waals surface area contributed by atoms with E-state index in [4.69, 9.17) is 4.98 Å². The molecule has 4 aliphatic rings. The fraction of sp³-hybridized carbons (Fsp3) is 0.783. The van der Waals surface area contributed by atoms with Crippen molar-refractivity contribution >= 4 is 5.91 Å². The minimum atomic E-state index is 0.0420. The van der Waals surface area contributed by atoms with Gasteiger partial charge < -0.3 is 9.47 Å². The van der Waals surface area contributed by atoms with Gasteiger partial charge in [0.25, 0.3) is 0 Å². The van der Waals surface area contributed by atoms with Gasteiger partial charge in [-0.15, -0.1) is 0 Å². The average Bonchev–Trinajstić information content (AvgIpc) is 3.58. The zero-order valence-electron chi connectivity index (χ0n) is 36.9. The number of amides is 1. The molecule has 2 fully saturated rings. The minimum absolute atomic E-state index is 0.0420. The zero-order valence-corrected chi connectivity index (χ0v) is 36.9. The molecule has 1 aromatic rings. The van der Waals surface area contributed by atoms with Gasteiger partial charge in [-0.1, -0.05) is 143 Å². The molecular formula is C46H79N3O. The lowest BCUT2D eigenvalue weighted by atomic mass is 9.74. The topological polar surface area (TPSA) is 38.1 Å². The van der Waals surface area contributed by atoms with Gasteiger partial charge in [0.15, 0.2) is 0 Å². The third kappa shape index (κ3) is 9.27. The van der Waals surface area contributed by atoms with E-state index in [2.05, 4.69) is 167 Å². The number of aromatic nitrogens is 2. The largest absolute Gasteiger partial charge is 0.328 e. The first-order valence-corrected chi connectivity index (χ1v) is 19.8. The van der Waals surface area contributed by atoms with Crippen LogP contribution in [0.1, 0.15) is 202 Å². The predicted octanol–water partition coefficient (Wildman–Crippen LogP) is 13.2. The highest BCUT2D eigenvalue weighted by atomic mass is 16.2. The molecule has 284 valence electrons. The summed E-state index contributed by atoms with van der Waals surface area (Å²) in [7, 11) is 0. The molecular weight excluding hydrogens is 611 g/mol. The Morgan fingerprint density at radius 3 is 1.46 bits per heavy atom. The standard InChI is InChI=1S/C16H27NO.C15H26N2.C15H26/c1-14(2,3)11-10-12(18)17(16(7)8-9-16)13(11)15(4,5)6;1-13(2,3)11-12(14(4,5)6)17(10-16-11)15(7)8-9-15;1-8-11-9-10-12(14(2,3)4)13(11)15(5,6)7/h8-10H2,1-7H3;10H,8-9H2,1-7H3;9H,8,10H2,1-7H3. The Kier molecular flexibility index (Phi) is 11.3. The van der Waals surface area contributed by atoms with Crippen molar-refractivity contribution < 1.29 is 4.79 Å². The number of hydrogen-bond acceptors (Lipinski definition) is 2. The van der Waals surface area contributed by atoms with Gasteiger partial charge in [-0.25, -0.2) is 4.98 Å². The summed E-state index contributed by atoms with van der Waals surface area (Å²) in [4.78, 5) is 19.3. The molecule has 1 amide bonds. The van der Waals surface area contributed by atoms with Crippen LogP contribution in [0, 0.1) is 21.7 Å². The molecule has 4 nitrogen and oxygen atoms in total. The lowest BCUT2D eigenvalue weighted by Gasteiger charge is -2.37. The Labute approximate surface area is 310 Å². The maximum Gasteiger partial charge on any atom is 0.231 e. The van der Waals surface area contributed by atoms with Crippen LogP contribution in [0.5, 0.6) is 0 Å². The van der Waals surface area contributed by atoms with Crippen LogP contribution < -0.4 is 0 Å². The molecule has 0 bridgehead atoms. The summed E-state index contributed by atoms with van der Waals surface area (Å²) >= 11 is 0. The maximum absolute atomic E-state index is 12.5. The molecule has 1 aromatic heterocycles. The second-order valence-corrected chi connectivity index (χ2v) is 22.7. The van der Waals surface area contributed by atoms with E-state index in [-0.39, 0.29) is 27.2 Å². The Morgan fingerprint density at radius 1 is 0.640 bits per heavy atom. The minimum Gasteiger partial charge on any atom is -0.328 e. The summed E-state index contributed by atoms with van der Waals surface area (Å²) in [6.45, 7) is 47.8.